The molecule has 0 aliphatic carbocycles. The molecular formula is C19H20FNSi. The van der Waals surface area contributed by atoms with Crippen molar-refractivity contribution < 1.29 is 4.39 Å². The Labute approximate surface area is 132 Å². The zero-order valence-electron chi connectivity index (χ0n) is 13.4. The molecule has 2 rings (SSSR count). The highest BCUT2D eigenvalue weighted by Crippen LogP contribution is 2.19. The summed E-state index contributed by atoms with van der Waals surface area (Å²) in [6, 6.07) is 14.5. The summed E-state index contributed by atoms with van der Waals surface area (Å²) in [5.74, 6) is 2.82. The molecule has 0 spiro atoms. The van der Waals surface area contributed by atoms with Gasteiger partial charge in [0.15, 0.2) is 0 Å². The van der Waals surface area contributed by atoms with Crippen LogP contribution < -0.4 is 0 Å². The van der Waals surface area contributed by atoms with Gasteiger partial charge in [-0.25, -0.2) is 9.38 Å². The second-order valence-corrected chi connectivity index (χ2v) is 11.0. The first-order valence-corrected chi connectivity index (χ1v) is 10.8. The average molecular weight is 309 g/mol. The fraction of sp³-hybridized carbons (Fsp3) is 0.211. The molecule has 3 heteroatoms. The number of rotatable bonds is 2. The highest BCUT2D eigenvalue weighted by Gasteiger charge is 2.11. The molecule has 0 bridgehead atoms. The molecule has 1 nitrogen and oxygen atoms in total. The summed E-state index contributed by atoms with van der Waals surface area (Å²) in [6.45, 7) is 8.47. The molecule has 22 heavy (non-hydrogen) atoms. The zero-order chi connectivity index (χ0) is 16.2. The highest BCUT2D eigenvalue weighted by molar-refractivity contribution is 6.84. The topological polar surface area (TPSA) is 12.4 Å². The standard InChI is InChI=1S/C19H20FNSi/c1-15-9-5-8-12-18(15)21-19(13-14-22(2,3)4)16-10-6-7-11-17(16)20/h5-12H,1-4H3. The maximum Gasteiger partial charge on any atom is 0.133 e. The molecule has 0 unspecified atom stereocenters. The normalized spacial score (nSPS) is 11.8. The molecule has 0 radical (unpaired) electrons. The Morgan fingerprint density at radius 1 is 1.00 bits per heavy atom. The lowest BCUT2D eigenvalue weighted by Gasteiger charge is -2.07. The molecule has 0 atom stereocenters. The molecule has 0 saturated heterocycles. The third kappa shape index (κ3) is 4.41. The molecule has 0 heterocycles. The maximum absolute atomic E-state index is 14.1. The lowest BCUT2D eigenvalue weighted by atomic mass is 10.1. The van der Waals surface area contributed by atoms with E-state index in [1.165, 1.54) is 6.07 Å². The van der Waals surface area contributed by atoms with Crippen LogP contribution in [0.1, 0.15) is 11.1 Å². The van der Waals surface area contributed by atoms with Crippen LogP contribution in [0.25, 0.3) is 0 Å². The van der Waals surface area contributed by atoms with Gasteiger partial charge in [-0.1, -0.05) is 55.9 Å². The highest BCUT2D eigenvalue weighted by atomic mass is 28.3. The van der Waals surface area contributed by atoms with Gasteiger partial charge in [-0.15, -0.1) is 5.54 Å². The summed E-state index contributed by atoms with van der Waals surface area (Å²) >= 11 is 0. The van der Waals surface area contributed by atoms with E-state index in [1.54, 1.807) is 12.1 Å². The third-order valence-corrected chi connectivity index (χ3v) is 3.91. The minimum Gasteiger partial charge on any atom is -0.239 e. The summed E-state index contributed by atoms with van der Waals surface area (Å²) in [5, 5.41) is 0. The number of hydrogen-bond acceptors (Lipinski definition) is 1. The van der Waals surface area contributed by atoms with Crippen LogP contribution in [0.5, 0.6) is 0 Å². The van der Waals surface area contributed by atoms with Gasteiger partial charge < -0.3 is 0 Å². The number of nitrogens with zero attached hydrogens (tertiary/aromatic N) is 1. The van der Waals surface area contributed by atoms with E-state index in [2.05, 4.69) is 36.1 Å². The fourth-order valence-corrected chi connectivity index (χ4v) is 2.36. The number of hydrogen-bond donors (Lipinski definition) is 0. The van der Waals surface area contributed by atoms with E-state index >= 15 is 0 Å². The second kappa shape index (κ2) is 6.72. The van der Waals surface area contributed by atoms with Gasteiger partial charge in [0.25, 0.3) is 0 Å². The molecule has 0 N–H and O–H groups in total. The monoisotopic (exact) mass is 309 g/mol. The summed E-state index contributed by atoms with van der Waals surface area (Å²) in [4.78, 5) is 4.62. The minimum atomic E-state index is -1.57. The van der Waals surface area contributed by atoms with Crippen LogP contribution in [0.2, 0.25) is 19.6 Å². The molecule has 0 fully saturated rings. The Kier molecular flexibility index (Phi) is 4.94. The van der Waals surface area contributed by atoms with Crippen molar-refractivity contribution in [3.8, 4) is 11.5 Å². The Balaban J connectivity index is 2.58. The first-order valence-electron chi connectivity index (χ1n) is 7.29. The average Bonchev–Trinajstić information content (AvgIpc) is 2.45. The Morgan fingerprint density at radius 3 is 2.27 bits per heavy atom. The van der Waals surface area contributed by atoms with Gasteiger partial charge in [0.2, 0.25) is 0 Å². The quantitative estimate of drug-likeness (QED) is 0.414. The van der Waals surface area contributed by atoms with Gasteiger partial charge in [0.1, 0.15) is 19.6 Å². The first-order chi connectivity index (χ1) is 10.4. The number of aryl methyl sites for hydroxylation is 1. The maximum atomic E-state index is 14.1. The number of benzene rings is 2. The Hall–Kier alpha value is -2.18. The summed E-state index contributed by atoms with van der Waals surface area (Å²) < 4.78 is 14.1. The summed E-state index contributed by atoms with van der Waals surface area (Å²) in [7, 11) is -1.57. The molecule has 0 aliphatic rings. The van der Waals surface area contributed by atoms with Crippen LogP contribution in [0, 0.1) is 24.2 Å². The van der Waals surface area contributed by atoms with Crippen molar-refractivity contribution in [2.75, 3.05) is 0 Å². The van der Waals surface area contributed by atoms with Gasteiger partial charge in [-0.3, -0.25) is 0 Å². The first kappa shape index (κ1) is 16.2. The fourth-order valence-electron chi connectivity index (χ4n) is 1.86. The predicted molar refractivity (Wildman–Crippen MR) is 94.9 cm³/mol. The van der Waals surface area contributed by atoms with Crippen LogP contribution in [-0.2, 0) is 0 Å². The van der Waals surface area contributed by atoms with Crippen LogP contribution in [0.4, 0.5) is 10.1 Å². The van der Waals surface area contributed by atoms with E-state index in [1.807, 2.05) is 37.3 Å². The molecular weight excluding hydrogens is 289 g/mol. The number of para-hydroxylation sites is 1. The lowest BCUT2D eigenvalue weighted by Crippen LogP contribution is -2.17. The van der Waals surface area contributed by atoms with Crippen LogP contribution >= 0.6 is 0 Å². The molecule has 2 aromatic rings. The zero-order valence-corrected chi connectivity index (χ0v) is 14.4. The van der Waals surface area contributed by atoms with Crippen LogP contribution in [0.15, 0.2) is 53.5 Å². The van der Waals surface area contributed by atoms with Crippen molar-refractivity contribution in [3.63, 3.8) is 0 Å². The minimum absolute atomic E-state index is 0.292. The Bertz CT molecular complexity index is 761. The molecule has 112 valence electrons. The molecule has 2 aromatic carbocycles. The largest absolute Gasteiger partial charge is 0.239 e. The van der Waals surface area contributed by atoms with Gasteiger partial charge in [0.05, 0.1) is 5.69 Å². The van der Waals surface area contributed by atoms with Crippen molar-refractivity contribution in [1.29, 1.82) is 0 Å². The van der Waals surface area contributed by atoms with E-state index in [0.29, 0.717) is 11.3 Å². The van der Waals surface area contributed by atoms with E-state index in [9.17, 15) is 4.39 Å². The SMILES string of the molecule is Cc1ccccc1N=C(C#C[Si](C)(C)C)c1ccccc1F. The van der Waals surface area contributed by atoms with E-state index in [-0.39, 0.29) is 5.82 Å². The molecule has 0 aromatic heterocycles. The van der Waals surface area contributed by atoms with Crippen molar-refractivity contribution in [2.24, 2.45) is 4.99 Å². The van der Waals surface area contributed by atoms with Crippen LogP contribution in [-0.4, -0.2) is 13.8 Å². The van der Waals surface area contributed by atoms with E-state index in [0.717, 1.165) is 11.3 Å². The third-order valence-electron chi connectivity index (χ3n) is 3.03. The van der Waals surface area contributed by atoms with Crippen molar-refractivity contribution in [2.45, 2.75) is 26.6 Å². The predicted octanol–water partition coefficient (Wildman–Crippen LogP) is 5.14. The van der Waals surface area contributed by atoms with E-state index in [4.69, 9.17) is 0 Å². The summed E-state index contributed by atoms with van der Waals surface area (Å²) in [5.41, 5.74) is 6.10. The van der Waals surface area contributed by atoms with Gasteiger partial charge in [-0.2, -0.15) is 0 Å². The number of aliphatic imine (C=N–C) groups is 1. The summed E-state index contributed by atoms with van der Waals surface area (Å²) in [6.07, 6.45) is 0. The van der Waals surface area contributed by atoms with Gasteiger partial charge >= 0.3 is 0 Å². The number of halogens is 1. The van der Waals surface area contributed by atoms with Crippen molar-refractivity contribution in [3.05, 3.63) is 65.5 Å². The van der Waals surface area contributed by atoms with E-state index < -0.39 is 8.07 Å². The van der Waals surface area contributed by atoms with Crippen LogP contribution in [0.3, 0.4) is 0 Å². The Morgan fingerprint density at radius 2 is 1.64 bits per heavy atom. The molecule has 0 aliphatic heterocycles. The lowest BCUT2D eigenvalue weighted by molar-refractivity contribution is 0.625. The van der Waals surface area contributed by atoms with Crippen molar-refractivity contribution >= 4 is 19.5 Å². The van der Waals surface area contributed by atoms with Gasteiger partial charge in [0, 0.05) is 5.56 Å². The van der Waals surface area contributed by atoms with Crippen molar-refractivity contribution in [1.82, 2.24) is 0 Å². The molecule has 0 amide bonds. The smallest absolute Gasteiger partial charge is 0.133 e. The second-order valence-electron chi connectivity index (χ2n) is 6.23. The van der Waals surface area contributed by atoms with Gasteiger partial charge in [-0.05, 0) is 30.7 Å². The molecule has 0 saturated carbocycles.